The molecule has 108 valence electrons. The summed E-state index contributed by atoms with van der Waals surface area (Å²) in [7, 11) is -3.49. The molecular weight excluding hydrogens is 274 g/mol. The maximum atomic E-state index is 12.3. The van der Waals surface area contributed by atoms with Gasteiger partial charge in [0.2, 0.25) is 10.0 Å². The van der Waals surface area contributed by atoms with E-state index in [0.29, 0.717) is 6.54 Å². The summed E-state index contributed by atoms with van der Waals surface area (Å²) in [5.41, 5.74) is 0. The number of rotatable bonds is 6. The molecule has 1 unspecified atom stereocenters. The minimum atomic E-state index is -3.49. The van der Waals surface area contributed by atoms with Gasteiger partial charge in [0.25, 0.3) is 0 Å². The van der Waals surface area contributed by atoms with Gasteiger partial charge in [-0.15, -0.1) is 0 Å². The lowest BCUT2D eigenvalue weighted by molar-refractivity contribution is 0.542. The molecule has 2 N–H and O–H groups in total. The number of likely N-dealkylation sites (N-methyl/N-ethyl adjacent to an activating group) is 1. The third kappa shape index (κ3) is 3.53. The molecule has 2 aromatic rings. The van der Waals surface area contributed by atoms with Crippen molar-refractivity contribution in [2.24, 2.45) is 0 Å². The Balaban J connectivity index is 2.23. The van der Waals surface area contributed by atoms with Crippen molar-refractivity contribution in [3.05, 3.63) is 36.7 Å². The summed E-state index contributed by atoms with van der Waals surface area (Å²) in [6, 6.07) is 6.68. The highest BCUT2D eigenvalue weighted by molar-refractivity contribution is 7.89. The highest BCUT2D eigenvalue weighted by Gasteiger charge is 2.17. The van der Waals surface area contributed by atoms with Gasteiger partial charge in [0.05, 0.1) is 4.90 Å². The van der Waals surface area contributed by atoms with Gasteiger partial charge in [0.1, 0.15) is 0 Å². The van der Waals surface area contributed by atoms with Crippen molar-refractivity contribution in [2.75, 3.05) is 13.1 Å². The number of aromatic nitrogens is 1. The predicted molar refractivity (Wildman–Crippen MR) is 80.1 cm³/mol. The summed E-state index contributed by atoms with van der Waals surface area (Å²) in [4.78, 5) is 4.29. The lowest BCUT2D eigenvalue weighted by Gasteiger charge is -2.14. The van der Waals surface area contributed by atoms with Crippen LogP contribution in [0.2, 0.25) is 0 Å². The van der Waals surface area contributed by atoms with Crippen LogP contribution in [0, 0.1) is 0 Å². The summed E-state index contributed by atoms with van der Waals surface area (Å²) in [6.07, 6.45) is 3.37. The van der Waals surface area contributed by atoms with E-state index in [9.17, 15) is 8.42 Å². The zero-order valence-corrected chi connectivity index (χ0v) is 12.4. The highest BCUT2D eigenvalue weighted by atomic mass is 32.2. The first kappa shape index (κ1) is 14.9. The van der Waals surface area contributed by atoms with E-state index in [2.05, 4.69) is 15.0 Å². The molecule has 6 heteroatoms. The second-order valence-corrected chi connectivity index (χ2v) is 6.43. The number of nitrogens with zero attached hydrogens (tertiary/aromatic N) is 1. The van der Waals surface area contributed by atoms with Crippen LogP contribution in [0.25, 0.3) is 10.8 Å². The molecule has 1 aromatic carbocycles. The molecule has 0 aliphatic rings. The molecule has 0 saturated carbocycles. The molecule has 0 bridgehead atoms. The standard InChI is InChI=1S/C14H19N3O2S/c1-3-15-9-11(2)17-20(18,19)14-5-4-13-10-16-7-6-12(13)8-14/h4-8,10-11,15,17H,3,9H2,1-2H3. The third-order valence-corrected chi connectivity index (χ3v) is 4.57. The van der Waals surface area contributed by atoms with Crippen molar-refractivity contribution in [3.63, 3.8) is 0 Å². The number of nitrogens with one attached hydrogen (secondary N) is 2. The number of benzene rings is 1. The van der Waals surface area contributed by atoms with E-state index >= 15 is 0 Å². The molecule has 0 fully saturated rings. The van der Waals surface area contributed by atoms with E-state index in [0.717, 1.165) is 17.3 Å². The van der Waals surface area contributed by atoms with Crippen LogP contribution in [0.15, 0.2) is 41.6 Å². The van der Waals surface area contributed by atoms with Gasteiger partial charge in [-0.3, -0.25) is 4.98 Å². The number of fused-ring (bicyclic) bond motifs is 1. The predicted octanol–water partition coefficient (Wildman–Crippen LogP) is 1.51. The quantitative estimate of drug-likeness (QED) is 0.847. The van der Waals surface area contributed by atoms with E-state index in [1.54, 1.807) is 36.7 Å². The number of hydrogen-bond acceptors (Lipinski definition) is 4. The Bertz CT molecular complexity index is 686. The van der Waals surface area contributed by atoms with Crippen LogP contribution in [0.4, 0.5) is 0 Å². The van der Waals surface area contributed by atoms with E-state index in [1.165, 1.54) is 0 Å². The van der Waals surface area contributed by atoms with Gasteiger partial charge in [0, 0.05) is 30.4 Å². The molecule has 1 atom stereocenters. The van der Waals surface area contributed by atoms with Gasteiger partial charge in [0.15, 0.2) is 0 Å². The largest absolute Gasteiger partial charge is 0.315 e. The minimum absolute atomic E-state index is 0.159. The van der Waals surface area contributed by atoms with Gasteiger partial charge in [-0.2, -0.15) is 0 Å². The highest BCUT2D eigenvalue weighted by Crippen LogP contribution is 2.18. The average Bonchev–Trinajstić information content (AvgIpc) is 2.44. The van der Waals surface area contributed by atoms with E-state index < -0.39 is 10.0 Å². The molecule has 0 aliphatic carbocycles. The smallest absolute Gasteiger partial charge is 0.240 e. The maximum absolute atomic E-state index is 12.3. The van der Waals surface area contributed by atoms with Gasteiger partial charge in [-0.05, 0) is 37.1 Å². The van der Waals surface area contributed by atoms with Crippen molar-refractivity contribution >= 4 is 20.8 Å². The van der Waals surface area contributed by atoms with Crippen LogP contribution < -0.4 is 10.0 Å². The second kappa shape index (κ2) is 6.30. The molecule has 1 heterocycles. The van der Waals surface area contributed by atoms with Crippen LogP contribution in [0.3, 0.4) is 0 Å². The molecule has 1 aromatic heterocycles. The molecule has 0 saturated heterocycles. The molecule has 5 nitrogen and oxygen atoms in total. The number of pyridine rings is 1. The first-order chi connectivity index (χ1) is 9.53. The van der Waals surface area contributed by atoms with E-state index in [4.69, 9.17) is 0 Å². The van der Waals surface area contributed by atoms with Crippen LogP contribution >= 0.6 is 0 Å². The summed E-state index contributed by atoms with van der Waals surface area (Å²) >= 11 is 0. The topological polar surface area (TPSA) is 71.1 Å². The van der Waals surface area contributed by atoms with Crippen LogP contribution in [-0.4, -0.2) is 32.5 Å². The molecular formula is C14H19N3O2S. The fraction of sp³-hybridized carbons (Fsp3) is 0.357. The number of sulfonamides is 1. The van der Waals surface area contributed by atoms with E-state index in [-0.39, 0.29) is 10.9 Å². The van der Waals surface area contributed by atoms with Gasteiger partial charge in [-0.25, -0.2) is 13.1 Å². The van der Waals surface area contributed by atoms with Crippen molar-refractivity contribution < 1.29 is 8.42 Å². The van der Waals surface area contributed by atoms with Crippen molar-refractivity contribution in [1.29, 1.82) is 0 Å². The summed E-state index contributed by atoms with van der Waals surface area (Å²) in [5, 5.41) is 4.90. The number of hydrogen-bond donors (Lipinski definition) is 2. The maximum Gasteiger partial charge on any atom is 0.240 e. The SMILES string of the molecule is CCNCC(C)NS(=O)(=O)c1ccc2cnccc2c1. The zero-order valence-electron chi connectivity index (χ0n) is 11.6. The first-order valence-electron chi connectivity index (χ1n) is 6.60. The molecule has 0 radical (unpaired) electrons. The zero-order chi connectivity index (χ0) is 14.6. The minimum Gasteiger partial charge on any atom is -0.315 e. The third-order valence-electron chi connectivity index (χ3n) is 2.98. The van der Waals surface area contributed by atoms with Crippen molar-refractivity contribution in [2.45, 2.75) is 24.8 Å². The molecule has 20 heavy (non-hydrogen) atoms. The van der Waals surface area contributed by atoms with Gasteiger partial charge < -0.3 is 5.32 Å². The lowest BCUT2D eigenvalue weighted by Crippen LogP contribution is -2.39. The monoisotopic (exact) mass is 293 g/mol. The Morgan fingerprint density at radius 3 is 2.80 bits per heavy atom. The van der Waals surface area contributed by atoms with Crippen molar-refractivity contribution in [3.8, 4) is 0 Å². The van der Waals surface area contributed by atoms with E-state index in [1.807, 2.05) is 13.8 Å². The lowest BCUT2D eigenvalue weighted by atomic mass is 10.2. The van der Waals surface area contributed by atoms with Gasteiger partial charge in [-0.1, -0.05) is 13.0 Å². The van der Waals surface area contributed by atoms with Crippen LogP contribution in [0.5, 0.6) is 0 Å². The first-order valence-corrected chi connectivity index (χ1v) is 8.08. The van der Waals surface area contributed by atoms with Crippen molar-refractivity contribution in [1.82, 2.24) is 15.0 Å². The second-order valence-electron chi connectivity index (χ2n) is 4.71. The summed E-state index contributed by atoms with van der Waals surface area (Å²) in [5.74, 6) is 0. The normalized spacial score (nSPS) is 13.5. The van der Waals surface area contributed by atoms with Gasteiger partial charge >= 0.3 is 0 Å². The molecule has 0 aliphatic heterocycles. The Labute approximate surface area is 119 Å². The molecule has 2 rings (SSSR count). The Hall–Kier alpha value is -1.50. The Morgan fingerprint density at radius 2 is 2.05 bits per heavy atom. The average molecular weight is 293 g/mol. The fourth-order valence-corrected chi connectivity index (χ4v) is 3.24. The Morgan fingerprint density at radius 1 is 1.25 bits per heavy atom. The summed E-state index contributed by atoms with van der Waals surface area (Å²) < 4.78 is 27.3. The van der Waals surface area contributed by atoms with Crippen LogP contribution in [-0.2, 0) is 10.0 Å². The fourth-order valence-electron chi connectivity index (χ4n) is 1.96. The molecule has 0 spiro atoms. The van der Waals surface area contributed by atoms with Crippen LogP contribution in [0.1, 0.15) is 13.8 Å². The Kier molecular flexibility index (Phi) is 4.69. The summed E-state index contributed by atoms with van der Waals surface area (Å²) in [6.45, 7) is 5.24. The molecule has 0 amide bonds.